The summed E-state index contributed by atoms with van der Waals surface area (Å²) in [5, 5.41) is 15.7. The number of piperazine rings is 1. The van der Waals surface area contributed by atoms with Gasteiger partial charge in [-0.15, -0.1) is 24.8 Å². The number of phenolic OH excluding ortho intramolecular Hbond substituents is 1. The van der Waals surface area contributed by atoms with Crippen molar-refractivity contribution in [1.82, 2.24) is 15.2 Å². The molecule has 0 radical (unpaired) electrons. The number of hydrogen-bond donors (Lipinski definition) is 3. The minimum Gasteiger partial charge on any atom is -0.507 e. The van der Waals surface area contributed by atoms with E-state index in [4.69, 9.17) is 4.74 Å². The Morgan fingerprint density at radius 2 is 1.69 bits per heavy atom. The minimum atomic E-state index is -0.168. The fourth-order valence-corrected chi connectivity index (χ4v) is 4.81. The average molecular weight is 524 g/mol. The van der Waals surface area contributed by atoms with Gasteiger partial charge in [0, 0.05) is 61.0 Å². The summed E-state index contributed by atoms with van der Waals surface area (Å²) in [6.45, 7) is 4.05. The minimum absolute atomic E-state index is 0. The van der Waals surface area contributed by atoms with Crippen LogP contribution in [-0.4, -0.2) is 47.0 Å². The van der Waals surface area contributed by atoms with Crippen molar-refractivity contribution in [2.45, 2.75) is 6.54 Å². The topological polar surface area (TPSA) is 77.6 Å². The molecule has 8 heteroatoms. The zero-order valence-electron chi connectivity index (χ0n) is 19.5. The van der Waals surface area contributed by atoms with E-state index in [-0.39, 0.29) is 42.1 Å². The third kappa shape index (κ3) is 4.61. The number of aromatic hydroxyl groups is 1. The van der Waals surface area contributed by atoms with Crippen LogP contribution < -0.4 is 10.1 Å². The van der Waals surface area contributed by atoms with E-state index in [0.29, 0.717) is 29.0 Å². The number of H-pyrrole nitrogens is 1. The van der Waals surface area contributed by atoms with Crippen LogP contribution in [0.2, 0.25) is 0 Å². The number of benzene rings is 3. The van der Waals surface area contributed by atoms with Gasteiger partial charge >= 0.3 is 0 Å². The maximum atomic E-state index is 13.5. The van der Waals surface area contributed by atoms with Gasteiger partial charge in [-0.1, -0.05) is 48.5 Å². The van der Waals surface area contributed by atoms with Gasteiger partial charge in [0.15, 0.2) is 5.76 Å². The Bertz CT molecular complexity index is 1430. The Morgan fingerprint density at radius 3 is 2.47 bits per heavy atom. The van der Waals surface area contributed by atoms with E-state index in [1.807, 2.05) is 60.8 Å². The molecule has 3 heterocycles. The highest BCUT2D eigenvalue weighted by Crippen LogP contribution is 2.45. The molecule has 186 valence electrons. The molecule has 2 aliphatic rings. The number of Topliss-reactive ketones (excluding diaryl/α,β-unsaturated/α-hetero) is 1. The molecule has 1 saturated heterocycles. The molecule has 0 amide bonds. The van der Waals surface area contributed by atoms with Crippen LogP contribution in [-0.2, 0) is 6.54 Å². The molecule has 1 aromatic heterocycles. The smallest absolute Gasteiger partial charge is 0.232 e. The van der Waals surface area contributed by atoms with Gasteiger partial charge in [0.25, 0.3) is 0 Å². The van der Waals surface area contributed by atoms with Crippen molar-refractivity contribution in [3.05, 3.63) is 89.3 Å². The Labute approximate surface area is 221 Å². The number of aromatic nitrogens is 1. The number of nitrogens with one attached hydrogen (secondary N) is 2. The van der Waals surface area contributed by atoms with E-state index in [0.717, 1.165) is 48.2 Å². The highest BCUT2D eigenvalue weighted by atomic mass is 35.5. The van der Waals surface area contributed by atoms with Crippen molar-refractivity contribution in [3.63, 3.8) is 0 Å². The van der Waals surface area contributed by atoms with Crippen molar-refractivity contribution >= 4 is 47.6 Å². The van der Waals surface area contributed by atoms with Crippen LogP contribution in [0.25, 0.3) is 28.1 Å². The summed E-state index contributed by atoms with van der Waals surface area (Å²) in [5.74, 6) is 0.737. The average Bonchev–Trinajstić information content (AvgIpc) is 3.43. The number of carbonyl (C=O) groups excluding carboxylic acids is 1. The van der Waals surface area contributed by atoms with Crippen LogP contribution in [0.5, 0.6) is 11.5 Å². The van der Waals surface area contributed by atoms with Crippen LogP contribution in [0.1, 0.15) is 21.5 Å². The number of aromatic amines is 1. The van der Waals surface area contributed by atoms with Crippen LogP contribution in [0.3, 0.4) is 0 Å². The number of para-hydroxylation sites is 1. The maximum Gasteiger partial charge on any atom is 0.232 e. The number of rotatable bonds is 4. The molecule has 3 N–H and O–H groups in total. The fraction of sp³-hybridized carbons (Fsp3) is 0.179. The molecule has 3 aromatic carbocycles. The summed E-state index contributed by atoms with van der Waals surface area (Å²) in [5.41, 5.74) is 4.56. The number of ketones is 1. The highest BCUT2D eigenvalue weighted by Gasteiger charge is 2.34. The molecule has 0 atom stereocenters. The summed E-state index contributed by atoms with van der Waals surface area (Å²) in [6.07, 6.45) is 3.67. The lowest BCUT2D eigenvalue weighted by Crippen LogP contribution is -2.42. The summed E-state index contributed by atoms with van der Waals surface area (Å²) in [7, 11) is 0. The molecule has 6 nitrogen and oxygen atoms in total. The predicted octanol–water partition coefficient (Wildman–Crippen LogP) is 5.41. The van der Waals surface area contributed by atoms with E-state index >= 15 is 0 Å². The van der Waals surface area contributed by atoms with Crippen molar-refractivity contribution in [3.8, 4) is 22.6 Å². The molecule has 0 bridgehead atoms. The lowest BCUT2D eigenvalue weighted by molar-refractivity contribution is 0.101. The predicted molar refractivity (Wildman–Crippen MR) is 147 cm³/mol. The SMILES string of the molecule is Cl.Cl.O=C1/C(=C/c2c[nH]c3ccccc23)Oc2c1cc(-c1ccccc1)c(O)c2CN1CCNCC1. The molecular formula is C28H27Cl2N3O3. The third-order valence-corrected chi connectivity index (χ3v) is 6.61. The van der Waals surface area contributed by atoms with Crippen LogP contribution in [0.4, 0.5) is 0 Å². The molecule has 36 heavy (non-hydrogen) atoms. The molecule has 1 fully saturated rings. The first-order valence-corrected chi connectivity index (χ1v) is 11.6. The molecule has 0 unspecified atom stereocenters. The number of nitrogens with zero attached hydrogens (tertiary/aromatic N) is 1. The number of halogens is 2. The van der Waals surface area contributed by atoms with Gasteiger partial charge in [-0.25, -0.2) is 0 Å². The zero-order valence-corrected chi connectivity index (χ0v) is 21.1. The molecule has 0 spiro atoms. The Hall–Kier alpha value is -3.29. The van der Waals surface area contributed by atoms with E-state index in [1.54, 1.807) is 12.1 Å². The second kappa shape index (κ2) is 10.8. The lowest BCUT2D eigenvalue weighted by Gasteiger charge is -2.28. The van der Waals surface area contributed by atoms with E-state index in [9.17, 15) is 9.90 Å². The number of phenols is 1. The second-order valence-corrected chi connectivity index (χ2v) is 8.75. The standard InChI is InChI=1S/C28H25N3O3.2ClH/c32-26-21(18-6-2-1-3-7-18)15-22-27(33)25(14-19-16-30-24-9-5-4-8-20(19)24)34-28(22)23(26)17-31-12-10-29-11-13-31;;/h1-9,14-16,29-30,32H,10-13,17H2;2*1H/b25-14-;;. The van der Waals surface area contributed by atoms with Crippen molar-refractivity contribution in [2.75, 3.05) is 26.2 Å². The van der Waals surface area contributed by atoms with Crippen molar-refractivity contribution in [1.29, 1.82) is 0 Å². The fourth-order valence-electron chi connectivity index (χ4n) is 4.81. The Morgan fingerprint density at radius 1 is 0.972 bits per heavy atom. The molecule has 4 aromatic rings. The number of ether oxygens (including phenoxy) is 1. The number of allylic oxidation sites excluding steroid dienone is 1. The lowest BCUT2D eigenvalue weighted by atomic mass is 9.95. The molecular weight excluding hydrogens is 497 g/mol. The maximum absolute atomic E-state index is 13.5. The monoisotopic (exact) mass is 523 g/mol. The van der Waals surface area contributed by atoms with Crippen LogP contribution in [0.15, 0.2) is 72.6 Å². The summed E-state index contributed by atoms with van der Waals surface area (Å²) in [4.78, 5) is 19.0. The number of hydrogen-bond acceptors (Lipinski definition) is 5. The van der Waals surface area contributed by atoms with Gasteiger partial charge in [-0.2, -0.15) is 0 Å². The van der Waals surface area contributed by atoms with Crippen molar-refractivity contribution < 1.29 is 14.6 Å². The van der Waals surface area contributed by atoms with Crippen molar-refractivity contribution in [2.24, 2.45) is 0 Å². The second-order valence-electron chi connectivity index (χ2n) is 8.75. The first kappa shape index (κ1) is 25.8. The third-order valence-electron chi connectivity index (χ3n) is 6.61. The van der Waals surface area contributed by atoms with Gasteiger partial charge in [0.05, 0.1) is 11.1 Å². The largest absolute Gasteiger partial charge is 0.507 e. The normalized spacial score (nSPS) is 16.3. The number of fused-ring (bicyclic) bond motifs is 2. The Balaban J connectivity index is 0.00000152. The molecule has 2 aliphatic heterocycles. The quantitative estimate of drug-likeness (QED) is 0.312. The Kier molecular flexibility index (Phi) is 7.71. The van der Waals surface area contributed by atoms with Gasteiger partial charge in [-0.3, -0.25) is 9.69 Å². The van der Waals surface area contributed by atoms with Crippen LogP contribution in [0, 0.1) is 0 Å². The summed E-state index contributed by atoms with van der Waals surface area (Å²) >= 11 is 0. The van der Waals surface area contributed by atoms with E-state index in [2.05, 4.69) is 15.2 Å². The number of carbonyl (C=O) groups is 1. The molecule has 0 saturated carbocycles. The van der Waals surface area contributed by atoms with E-state index < -0.39 is 0 Å². The van der Waals surface area contributed by atoms with E-state index in [1.165, 1.54) is 0 Å². The first-order chi connectivity index (χ1) is 16.7. The summed E-state index contributed by atoms with van der Waals surface area (Å²) < 4.78 is 6.18. The van der Waals surface area contributed by atoms with Gasteiger partial charge in [-0.05, 0) is 23.8 Å². The first-order valence-electron chi connectivity index (χ1n) is 11.6. The highest BCUT2D eigenvalue weighted by molar-refractivity contribution is 6.16. The summed E-state index contributed by atoms with van der Waals surface area (Å²) in [6, 6.07) is 19.4. The molecule has 6 rings (SSSR count). The van der Waals surface area contributed by atoms with Gasteiger partial charge in [0.2, 0.25) is 5.78 Å². The van der Waals surface area contributed by atoms with Gasteiger partial charge in [0.1, 0.15) is 11.5 Å². The van der Waals surface area contributed by atoms with Crippen LogP contribution >= 0.6 is 24.8 Å². The zero-order chi connectivity index (χ0) is 23.1. The van der Waals surface area contributed by atoms with Gasteiger partial charge < -0.3 is 20.1 Å². The molecule has 0 aliphatic carbocycles.